The average molecular weight is 285 g/mol. The highest BCUT2D eigenvalue weighted by atomic mass is 35.5. The molecule has 1 aromatic carbocycles. The van der Waals surface area contributed by atoms with E-state index in [-0.39, 0.29) is 24.9 Å². The van der Waals surface area contributed by atoms with E-state index >= 15 is 0 Å². The van der Waals surface area contributed by atoms with Crippen LogP contribution in [-0.4, -0.2) is 37.0 Å². The molecule has 0 aliphatic carbocycles. The molecule has 5 heteroatoms. The van der Waals surface area contributed by atoms with Crippen LogP contribution in [0.4, 0.5) is 0 Å². The maximum Gasteiger partial charge on any atom is 0.260 e. The molecule has 1 atom stereocenters. The van der Waals surface area contributed by atoms with Crippen molar-refractivity contribution in [2.45, 2.75) is 13.3 Å². The number of carbonyl (C=O) groups is 1. The second-order valence-electron chi connectivity index (χ2n) is 4.83. The molecular formula is C14H21ClN2O2. The van der Waals surface area contributed by atoms with Crippen LogP contribution in [0.15, 0.2) is 24.3 Å². The van der Waals surface area contributed by atoms with Crippen molar-refractivity contribution < 1.29 is 9.53 Å². The van der Waals surface area contributed by atoms with Gasteiger partial charge < -0.3 is 15.4 Å². The van der Waals surface area contributed by atoms with Crippen molar-refractivity contribution in [1.82, 2.24) is 4.90 Å². The van der Waals surface area contributed by atoms with Gasteiger partial charge in [-0.15, -0.1) is 12.4 Å². The molecule has 0 spiro atoms. The Bertz CT molecular complexity index is 408. The summed E-state index contributed by atoms with van der Waals surface area (Å²) in [4.78, 5) is 13.7. The van der Waals surface area contributed by atoms with Crippen molar-refractivity contribution in [3.63, 3.8) is 0 Å². The third kappa shape index (κ3) is 4.40. The van der Waals surface area contributed by atoms with Crippen LogP contribution in [0.1, 0.15) is 12.0 Å². The Morgan fingerprint density at radius 3 is 2.68 bits per heavy atom. The third-order valence-electron chi connectivity index (χ3n) is 3.36. The number of hydrogen-bond acceptors (Lipinski definition) is 3. The molecule has 0 saturated carbocycles. The van der Waals surface area contributed by atoms with Crippen molar-refractivity contribution in [2.24, 2.45) is 11.7 Å². The first-order valence-corrected chi connectivity index (χ1v) is 6.36. The van der Waals surface area contributed by atoms with Gasteiger partial charge in [0.25, 0.3) is 5.91 Å². The van der Waals surface area contributed by atoms with Crippen LogP contribution >= 0.6 is 12.4 Å². The Balaban J connectivity index is 0.00000180. The molecule has 1 amide bonds. The van der Waals surface area contributed by atoms with Gasteiger partial charge in [0.1, 0.15) is 5.75 Å². The van der Waals surface area contributed by atoms with Crippen molar-refractivity contribution in [1.29, 1.82) is 0 Å². The number of likely N-dealkylation sites (tertiary alicyclic amines) is 1. The molecule has 1 unspecified atom stereocenters. The lowest BCUT2D eigenvalue weighted by molar-refractivity contribution is -0.132. The summed E-state index contributed by atoms with van der Waals surface area (Å²) >= 11 is 0. The molecule has 4 nitrogen and oxygen atoms in total. The number of amides is 1. The van der Waals surface area contributed by atoms with E-state index in [0.717, 1.165) is 25.3 Å². The summed E-state index contributed by atoms with van der Waals surface area (Å²) in [6.07, 6.45) is 1.01. The molecule has 0 radical (unpaired) electrons. The zero-order valence-electron chi connectivity index (χ0n) is 11.2. The minimum Gasteiger partial charge on any atom is -0.484 e. The number of aryl methyl sites for hydroxylation is 1. The highest BCUT2D eigenvalue weighted by molar-refractivity contribution is 5.85. The fraction of sp³-hybridized carbons (Fsp3) is 0.500. The predicted octanol–water partition coefficient (Wildman–Crippen LogP) is 1.60. The number of nitrogens with two attached hydrogens (primary N) is 1. The number of halogens is 1. The van der Waals surface area contributed by atoms with Crippen molar-refractivity contribution in [2.75, 3.05) is 26.2 Å². The minimum absolute atomic E-state index is 0. The van der Waals surface area contributed by atoms with Gasteiger partial charge in [0, 0.05) is 13.1 Å². The molecule has 2 rings (SSSR count). The average Bonchev–Trinajstić information content (AvgIpc) is 2.86. The van der Waals surface area contributed by atoms with E-state index < -0.39 is 0 Å². The predicted molar refractivity (Wildman–Crippen MR) is 77.7 cm³/mol. The van der Waals surface area contributed by atoms with E-state index in [1.54, 1.807) is 0 Å². The Labute approximate surface area is 120 Å². The van der Waals surface area contributed by atoms with E-state index in [4.69, 9.17) is 10.5 Å². The topological polar surface area (TPSA) is 55.6 Å². The summed E-state index contributed by atoms with van der Waals surface area (Å²) in [5.41, 5.74) is 6.79. The van der Waals surface area contributed by atoms with Crippen molar-refractivity contribution in [3.8, 4) is 5.75 Å². The number of benzene rings is 1. The highest BCUT2D eigenvalue weighted by Crippen LogP contribution is 2.16. The zero-order chi connectivity index (χ0) is 13.0. The van der Waals surface area contributed by atoms with E-state index in [1.807, 2.05) is 36.1 Å². The molecular weight excluding hydrogens is 264 g/mol. The van der Waals surface area contributed by atoms with Crippen LogP contribution in [0.25, 0.3) is 0 Å². The summed E-state index contributed by atoms with van der Waals surface area (Å²) in [7, 11) is 0. The van der Waals surface area contributed by atoms with Gasteiger partial charge in [0.2, 0.25) is 0 Å². The lowest BCUT2D eigenvalue weighted by atomic mass is 10.1. The number of nitrogens with zero attached hydrogens (tertiary/aromatic N) is 1. The first-order valence-electron chi connectivity index (χ1n) is 6.36. The summed E-state index contributed by atoms with van der Waals surface area (Å²) in [6, 6.07) is 7.71. The van der Waals surface area contributed by atoms with Gasteiger partial charge in [0.05, 0.1) is 0 Å². The molecule has 1 aliphatic rings. The van der Waals surface area contributed by atoms with Crippen LogP contribution in [0, 0.1) is 12.8 Å². The second-order valence-corrected chi connectivity index (χ2v) is 4.83. The van der Waals surface area contributed by atoms with Crippen LogP contribution in [0.5, 0.6) is 5.75 Å². The Kier molecular flexibility index (Phi) is 6.12. The van der Waals surface area contributed by atoms with Crippen LogP contribution in [0.2, 0.25) is 0 Å². The Morgan fingerprint density at radius 2 is 2.11 bits per heavy atom. The Morgan fingerprint density at radius 1 is 1.42 bits per heavy atom. The van der Waals surface area contributed by atoms with E-state index in [9.17, 15) is 4.79 Å². The number of ether oxygens (including phenoxy) is 1. The van der Waals surface area contributed by atoms with Crippen LogP contribution in [0.3, 0.4) is 0 Å². The van der Waals surface area contributed by atoms with Crippen molar-refractivity contribution >= 4 is 18.3 Å². The fourth-order valence-electron chi connectivity index (χ4n) is 2.12. The van der Waals surface area contributed by atoms with E-state index in [1.165, 1.54) is 5.56 Å². The SMILES string of the molecule is Cc1ccc(OCC(=O)N2CCC(CN)C2)cc1.Cl. The monoisotopic (exact) mass is 284 g/mol. The van der Waals surface area contributed by atoms with Crippen LogP contribution < -0.4 is 10.5 Å². The molecule has 1 heterocycles. The van der Waals surface area contributed by atoms with Gasteiger partial charge in [-0.2, -0.15) is 0 Å². The van der Waals surface area contributed by atoms with Gasteiger partial charge in [-0.05, 0) is 37.9 Å². The fourth-order valence-corrected chi connectivity index (χ4v) is 2.12. The quantitative estimate of drug-likeness (QED) is 0.914. The number of rotatable bonds is 4. The lowest BCUT2D eigenvalue weighted by Gasteiger charge is -2.16. The smallest absolute Gasteiger partial charge is 0.260 e. The first-order chi connectivity index (χ1) is 8.69. The molecule has 0 aromatic heterocycles. The molecule has 1 saturated heterocycles. The highest BCUT2D eigenvalue weighted by Gasteiger charge is 2.25. The molecule has 0 bridgehead atoms. The summed E-state index contributed by atoms with van der Waals surface area (Å²) in [6.45, 7) is 4.36. The minimum atomic E-state index is 0. The van der Waals surface area contributed by atoms with Gasteiger partial charge in [-0.3, -0.25) is 4.79 Å². The lowest BCUT2D eigenvalue weighted by Crippen LogP contribution is -2.33. The summed E-state index contributed by atoms with van der Waals surface area (Å²) in [5, 5.41) is 0. The molecule has 1 fully saturated rings. The van der Waals surface area contributed by atoms with Crippen molar-refractivity contribution in [3.05, 3.63) is 29.8 Å². The molecule has 1 aromatic rings. The second kappa shape index (κ2) is 7.36. The zero-order valence-corrected chi connectivity index (χ0v) is 12.0. The van der Waals surface area contributed by atoms with E-state index in [2.05, 4.69) is 0 Å². The largest absolute Gasteiger partial charge is 0.484 e. The van der Waals surface area contributed by atoms with Gasteiger partial charge in [-0.25, -0.2) is 0 Å². The van der Waals surface area contributed by atoms with Gasteiger partial charge in [0.15, 0.2) is 6.61 Å². The number of hydrogen-bond donors (Lipinski definition) is 1. The standard InChI is InChI=1S/C14H20N2O2.ClH/c1-11-2-4-13(5-3-11)18-10-14(17)16-7-6-12(8-15)9-16;/h2-5,12H,6-10,15H2,1H3;1H. The van der Waals surface area contributed by atoms with Gasteiger partial charge >= 0.3 is 0 Å². The van der Waals surface area contributed by atoms with Gasteiger partial charge in [-0.1, -0.05) is 17.7 Å². The Hall–Kier alpha value is -1.26. The maximum absolute atomic E-state index is 11.9. The molecule has 106 valence electrons. The summed E-state index contributed by atoms with van der Waals surface area (Å²) in [5.74, 6) is 1.24. The van der Waals surface area contributed by atoms with E-state index in [0.29, 0.717) is 12.5 Å². The summed E-state index contributed by atoms with van der Waals surface area (Å²) < 4.78 is 5.48. The van der Waals surface area contributed by atoms with Crippen LogP contribution in [-0.2, 0) is 4.79 Å². The number of carbonyl (C=O) groups excluding carboxylic acids is 1. The molecule has 1 aliphatic heterocycles. The first kappa shape index (κ1) is 15.8. The normalized spacial score (nSPS) is 18.0. The third-order valence-corrected chi connectivity index (χ3v) is 3.36. The molecule has 19 heavy (non-hydrogen) atoms. The molecule has 2 N–H and O–H groups in total. The maximum atomic E-state index is 11.9.